The molecular formula is C16H22FN3O. The van der Waals surface area contributed by atoms with Crippen molar-refractivity contribution in [2.45, 2.75) is 39.5 Å². The summed E-state index contributed by atoms with van der Waals surface area (Å²) in [7, 11) is 1.84. The zero-order valence-corrected chi connectivity index (χ0v) is 13.0. The quantitative estimate of drug-likeness (QED) is 0.920. The average Bonchev–Trinajstić information content (AvgIpc) is 2.80. The summed E-state index contributed by atoms with van der Waals surface area (Å²) in [6, 6.07) is 4.99. The van der Waals surface area contributed by atoms with Crippen LogP contribution >= 0.6 is 0 Å². The van der Waals surface area contributed by atoms with Gasteiger partial charge in [0, 0.05) is 36.5 Å². The van der Waals surface area contributed by atoms with Crippen LogP contribution in [0.4, 0.5) is 4.39 Å². The van der Waals surface area contributed by atoms with E-state index in [4.69, 9.17) is 4.74 Å². The van der Waals surface area contributed by atoms with Crippen molar-refractivity contribution in [3.8, 4) is 5.75 Å². The smallest absolute Gasteiger partial charge is 0.165 e. The van der Waals surface area contributed by atoms with E-state index in [-0.39, 0.29) is 11.4 Å². The van der Waals surface area contributed by atoms with Gasteiger partial charge in [0.1, 0.15) is 6.61 Å². The van der Waals surface area contributed by atoms with Crippen molar-refractivity contribution >= 4 is 0 Å². The van der Waals surface area contributed by atoms with Crippen LogP contribution in [0.25, 0.3) is 0 Å². The number of hydrogen-bond acceptors (Lipinski definition) is 3. The van der Waals surface area contributed by atoms with E-state index in [1.807, 2.05) is 19.3 Å². The van der Waals surface area contributed by atoms with Crippen molar-refractivity contribution in [3.63, 3.8) is 0 Å². The molecule has 4 nitrogen and oxygen atoms in total. The molecule has 5 heteroatoms. The Hall–Kier alpha value is -1.88. The van der Waals surface area contributed by atoms with Crippen LogP contribution in [0.5, 0.6) is 5.75 Å². The lowest BCUT2D eigenvalue weighted by molar-refractivity contribution is 0.284. The van der Waals surface area contributed by atoms with Gasteiger partial charge in [0.2, 0.25) is 0 Å². The fourth-order valence-corrected chi connectivity index (χ4v) is 1.92. The van der Waals surface area contributed by atoms with Gasteiger partial charge in [0.25, 0.3) is 0 Å². The van der Waals surface area contributed by atoms with Gasteiger partial charge in [-0.1, -0.05) is 12.1 Å². The number of hydrogen-bond donors (Lipinski definition) is 1. The lowest BCUT2D eigenvalue weighted by atomic mass is 10.1. The Labute approximate surface area is 124 Å². The number of benzene rings is 1. The molecule has 0 radical (unpaired) electrons. The average molecular weight is 291 g/mol. The Kier molecular flexibility index (Phi) is 4.63. The molecule has 1 N–H and O–H groups in total. The number of ether oxygens (including phenoxy) is 1. The summed E-state index contributed by atoms with van der Waals surface area (Å²) in [5.74, 6) is -0.0368. The van der Waals surface area contributed by atoms with Gasteiger partial charge in [-0.2, -0.15) is 5.10 Å². The standard InChI is InChI=1S/C16H22FN3O/c1-16(2,3)18-9-13-6-5-7-14(17)15(13)21-11-12-8-19-20(4)10-12/h5-8,10,18H,9,11H2,1-4H3. The minimum Gasteiger partial charge on any atom is -0.485 e. The minimum absolute atomic E-state index is 0.0348. The van der Waals surface area contributed by atoms with Crippen LogP contribution in [-0.2, 0) is 20.2 Å². The first kappa shape index (κ1) is 15.5. The molecule has 1 heterocycles. The van der Waals surface area contributed by atoms with Crippen LogP contribution in [0.1, 0.15) is 31.9 Å². The van der Waals surface area contributed by atoms with Gasteiger partial charge in [-0.25, -0.2) is 4.39 Å². The highest BCUT2D eigenvalue weighted by Gasteiger charge is 2.14. The third kappa shape index (κ3) is 4.56. The topological polar surface area (TPSA) is 39.1 Å². The molecule has 1 aromatic carbocycles. The molecule has 21 heavy (non-hydrogen) atoms. The molecule has 0 aliphatic rings. The van der Waals surface area contributed by atoms with Gasteiger partial charge in [-0.3, -0.25) is 4.68 Å². The Morgan fingerprint density at radius 2 is 2.10 bits per heavy atom. The molecule has 0 aliphatic heterocycles. The molecule has 0 bridgehead atoms. The van der Waals surface area contributed by atoms with Gasteiger partial charge in [-0.15, -0.1) is 0 Å². The van der Waals surface area contributed by atoms with E-state index >= 15 is 0 Å². The Bertz CT molecular complexity index is 602. The highest BCUT2D eigenvalue weighted by Crippen LogP contribution is 2.24. The van der Waals surface area contributed by atoms with Crippen LogP contribution in [0.3, 0.4) is 0 Å². The predicted octanol–water partition coefficient (Wildman–Crippen LogP) is 3.03. The Balaban J connectivity index is 2.10. The van der Waals surface area contributed by atoms with E-state index in [2.05, 4.69) is 31.2 Å². The number of nitrogens with zero attached hydrogens (tertiary/aromatic N) is 2. The number of aryl methyl sites for hydroxylation is 1. The highest BCUT2D eigenvalue weighted by atomic mass is 19.1. The van der Waals surface area contributed by atoms with Crippen molar-refractivity contribution in [1.82, 2.24) is 15.1 Å². The molecule has 1 aromatic heterocycles. The number of halogens is 1. The SMILES string of the molecule is Cn1cc(COc2c(F)cccc2CNC(C)(C)C)cn1. The first-order valence-corrected chi connectivity index (χ1v) is 6.98. The van der Waals surface area contributed by atoms with Crippen molar-refractivity contribution < 1.29 is 9.13 Å². The number of aromatic nitrogens is 2. The van der Waals surface area contributed by atoms with E-state index < -0.39 is 0 Å². The summed E-state index contributed by atoms with van der Waals surface area (Å²) in [6.45, 7) is 7.08. The van der Waals surface area contributed by atoms with Gasteiger partial charge < -0.3 is 10.1 Å². The number of nitrogens with one attached hydrogen (secondary N) is 1. The summed E-state index contributed by atoms with van der Waals surface area (Å²) in [5.41, 5.74) is 1.69. The molecule has 0 aliphatic carbocycles. The molecule has 0 saturated heterocycles. The molecule has 0 unspecified atom stereocenters. The van der Waals surface area contributed by atoms with Gasteiger partial charge in [0.05, 0.1) is 6.20 Å². The second kappa shape index (κ2) is 6.26. The van der Waals surface area contributed by atoms with Crippen LogP contribution in [0, 0.1) is 5.82 Å². The van der Waals surface area contributed by atoms with Gasteiger partial charge >= 0.3 is 0 Å². The third-order valence-electron chi connectivity index (χ3n) is 3.00. The molecule has 0 saturated carbocycles. The van der Waals surface area contributed by atoms with Crippen LogP contribution < -0.4 is 10.1 Å². The zero-order valence-electron chi connectivity index (χ0n) is 13.0. The fraction of sp³-hybridized carbons (Fsp3) is 0.438. The van der Waals surface area contributed by atoms with E-state index in [0.29, 0.717) is 18.9 Å². The summed E-state index contributed by atoms with van der Waals surface area (Å²) >= 11 is 0. The fourth-order valence-electron chi connectivity index (χ4n) is 1.92. The zero-order chi connectivity index (χ0) is 15.5. The maximum absolute atomic E-state index is 14.0. The van der Waals surface area contributed by atoms with Gasteiger partial charge in [0.15, 0.2) is 11.6 Å². The number of rotatable bonds is 5. The second-order valence-corrected chi connectivity index (χ2v) is 6.14. The van der Waals surface area contributed by atoms with Crippen molar-refractivity contribution in [2.75, 3.05) is 0 Å². The Morgan fingerprint density at radius 3 is 2.71 bits per heavy atom. The van der Waals surface area contributed by atoms with E-state index in [0.717, 1.165) is 11.1 Å². The maximum Gasteiger partial charge on any atom is 0.165 e. The van der Waals surface area contributed by atoms with Crippen molar-refractivity contribution in [2.24, 2.45) is 7.05 Å². The summed E-state index contributed by atoms with van der Waals surface area (Å²) in [4.78, 5) is 0. The first-order chi connectivity index (χ1) is 9.85. The van der Waals surface area contributed by atoms with Crippen molar-refractivity contribution in [3.05, 3.63) is 47.5 Å². The lowest BCUT2D eigenvalue weighted by Gasteiger charge is -2.21. The minimum atomic E-state index is -0.341. The van der Waals surface area contributed by atoms with Crippen LogP contribution in [-0.4, -0.2) is 15.3 Å². The summed E-state index contributed by atoms with van der Waals surface area (Å²) < 4.78 is 21.4. The Morgan fingerprint density at radius 1 is 1.33 bits per heavy atom. The third-order valence-corrected chi connectivity index (χ3v) is 3.00. The van der Waals surface area contributed by atoms with Crippen LogP contribution in [0.2, 0.25) is 0 Å². The molecular weight excluding hydrogens is 269 g/mol. The molecule has 2 rings (SSSR count). The monoisotopic (exact) mass is 291 g/mol. The lowest BCUT2D eigenvalue weighted by Crippen LogP contribution is -2.35. The van der Waals surface area contributed by atoms with Crippen molar-refractivity contribution in [1.29, 1.82) is 0 Å². The first-order valence-electron chi connectivity index (χ1n) is 6.98. The maximum atomic E-state index is 14.0. The highest BCUT2D eigenvalue weighted by molar-refractivity contribution is 5.35. The molecule has 0 fully saturated rings. The van der Waals surface area contributed by atoms with Gasteiger partial charge in [-0.05, 0) is 26.8 Å². The largest absolute Gasteiger partial charge is 0.485 e. The molecule has 114 valence electrons. The molecule has 2 aromatic rings. The predicted molar refractivity (Wildman–Crippen MR) is 80.5 cm³/mol. The van der Waals surface area contributed by atoms with E-state index in [9.17, 15) is 4.39 Å². The van der Waals surface area contributed by atoms with E-state index in [1.54, 1.807) is 16.9 Å². The second-order valence-electron chi connectivity index (χ2n) is 6.14. The molecule has 0 atom stereocenters. The normalized spacial score (nSPS) is 11.7. The summed E-state index contributed by atoms with van der Waals surface area (Å²) in [5, 5.41) is 7.42. The molecule has 0 amide bonds. The number of para-hydroxylation sites is 1. The summed E-state index contributed by atoms with van der Waals surface area (Å²) in [6.07, 6.45) is 3.57. The van der Waals surface area contributed by atoms with Crippen LogP contribution in [0.15, 0.2) is 30.6 Å². The molecule has 0 spiro atoms. The van der Waals surface area contributed by atoms with E-state index in [1.165, 1.54) is 6.07 Å².